The number of nitrogens with zero attached hydrogens (tertiary/aromatic N) is 3. The highest BCUT2D eigenvalue weighted by molar-refractivity contribution is 8.22. The number of rotatable bonds is 4. The van der Waals surface area contributed by atoms with Crippen molar-refractivity contribution in [1.29, 1.82) is 5.26 Å². The molecule has 0 saturated heterocycles. The van der Waals surface area contributed by atoms with E-state index in [9.17, 15) is 13.9 Å². The van der Waals surface area contributed by atoms with Crippen LogP contribution < -0.4 is 5.56 Å². The number of aromatic amines is 1. The number of hydrogen-bond acceptors (Lipinski definition) is 6. The molecule has 1 aliphatic heterocycles. The Bertz CT molecular complexity index is 1090. The number of nitriles is 1. The largest absolute Gasteiger partial charge is 0.328 e. The number of aromatic nitrogens is 1. The fourth-order valence-corrected chi connectivity index (χ4v) is 5.04. The van der Waals surface area contributed by atoms with E-state index in [-0.39, 0.29) is 10.5 Å². The summed E-state index contributed by atoms with van der Waals surface area (Å²) in [6.45, 7) is 11.3. The number of hydrogen-bond donors (Lipinski definition) is 3. The van der Waals surface area contributed by atoms with Gasteiger partial charge in [0.05, 0.1) is 22.4 Å². The van der Waals surface area contributed by atoms with E-state index in [0.29, 0.717) is 40.7 Å². The third-order valence-corrected chi connectivity index (χ3v) is 6.45. The van der Waals surface area contributed by atoms with Crippen molar-refractivity contribution >= 4 is 28.3 Å². The zero-order valence-corrected chi connectivity index (χ0v) is 17.9. The van der Waals surface area contributed by atoms with Gasteiger partial charge < -0.3 is 4.98 Å². The average Bonchev–Trinajstić information content (AvgIpc) is 3.15. The average molecular weight is 415 g/mol. The number of pyridine rings is 1. The molecule has 1 aliphatic rings. The highest BCUT2D eigenvalue weighted by Crippen LogP contribution is 2.58. The second-order valence-corrected chi connectivity index (χ2v) is 8.20. The van der Waals surface area contributed by atoms with Crippen molar-refractivity contribution in [3.63, 3.8) is 0 Å². The molecular weight excluding hydrogens is 388 g/mol. The molecule has 0 atom stereocenters. The number of aliphatic imine (C=N–C) groups is 1. The van der Waals surface area contributed by atoms with Crippen molar-refractivity contribution in [3.05, 3.63) is 63.4 Å². The number of H-pyrrole nitrogens is 1. The van der Waals surface area contributed by atoms with Crippen molar-refractivity contribution in [1.82, 2.24) is 9.29 Å². The van der Waals surface area contributed by atoms with Gasteiger partial charge in [-0.1, -0.05) is 30.7 Å². The lowest BCUT2D eigenvalue weighted by atomic mass is 10.1. The van der Waals surface area contributed by atoms with Crippen LogP contribution in [0.1, 0.15) is 32.8 Å². The van der Waals surface area contributed by atoms with Crippen molar-refractivity contribution in [3.8, 4) is 6.07 Å². The number of benzene rings is 1. The Morgan fingerprint density at radius 3 is 2.72 bits per heavy atom. The summed E-state index contributed by atoms with van der Waals surface area (Å²) in [4.78, 5) is 19.1. The van der Waals surface area contributed by atoms with E-state index < -0.39 is 10.8 Å². The molecule has 3 rings (SSSR count). The molecule has 0 bridgehead atoms. The first-order valence-electron chi connectivity index (χ1n) is 9.26. The molecule has 0 fully saturated rings. The maximum atomic E-state index is 12.2. The van der Waals surface area contributed by atoms with Crippen LogP contribution in [0.25, 0.3) is 10.8 Å². The fourth-order valence-electron chi connectivity index (χ4n) is 3.21. The van der Waals surface area contributed by atoms with Gasteiger partial charge in [-0.15, -0.1) is 0 Å². The van der Waals surface area contributed by atoms with Crippen molar-refractivity contribution in [2.75, 3.05) is 6.54 Å². The summed E-state index contributed by atoms with van der Waals surface area (Å²) in [6.07, 6.45) is 3.62. The summed E-state index contributed by atoms with van der Waals surface area (Å²) in [5, 5.41) is 10.0. The van der Waals surface area contributed by atoms with Gasteiger partial charge in [0.2, 0.25) is 0 Å². The SMILES string of the molecule is C=NC1=C(/C=C(\C)C#N)N(S(O)(O)c2cccc3c(=O)[nH]cc(C)c23)CC1.CC. The van der Waals surface area contributed by atoms with Crippen molar-refractivity contribution in [2.24, 2.45) is 4.99 Å². The highest BCUT2D eigenvalue weighted by atomic mass is 32.3. The first-order valence-corrected chi connectivity index (χ1v) is 10.8. The van der Waals surface area contributed by atoms with E-state index >= 15 is 0 Å². The summed E-state index contributed by atoms with van der Waals surface area (Å²) >= 11 is 0. The highest BCUT2D eigenvalue weighted by Gasteiger charge is 2.34. The normalized spacial score (nSPS) is 15.1. The maximum Gasteiger partial charge on any atom is 0.255 e. The van der Waals surface area contributed by atoms with Gasteiger partial charge in [0, 0.05) is 35.5 Å². The van der Waals surface area contributed by atoms with Gasteiger partial charge in [-0.05, 0) is 44.3 Å². The Hall–Kier alpha value is -2.86. The lowest BCUT2D eigenvalue weighted by Crippen LogP contribution is -2.25. The Labute approximate surface area is 172 Å². The number of nitrogens with one attached hydrogen (secondary N) is 1. The molecule has 29 heavy (non-hydrogen) atoms. The van der Waals surface area contributed by atoms with Crippen LogP contribution >= 0.6 is 10.8 Å². The molecule has 154 valence electrons. The third kappa shape index (κ3) is 4.12. The standard InChI is InChI=1S/C19H20N4O3S.C2H6/c1-12(10-20)9-16-15(21-3)7-8-23(16)27(25,26)17-6-4-5-14-18(17)13(2)11-22-19(14)24;1-2/h4-6,9,11,25-26H,3,7-8H2,1-2H3,(H,22,24);1-2H3/b12-9+;. The van der Waals surface area contributed by atoms with Crippen LogP contribution in [0.3, 0.4) is 0 Å². The second kappa shape index (κ2) is 9.09. The van der Waals surface area contributed by atoms with Gasteiger partial charge >= 0.3 is 0 Å². The van der Waals surface area contributed by atoms with Crippen LogP contribution in [0.4, 0.5) is 0 Å². The molecule has 0 amide bonds. The molecule has 3 N–H and O–H groups in total. The number of allylic oxidation sites excluding steroid dienone is 2. The molecule has 0 aliphatic carbocycles. The minimum absolute atomic E-state index is 0.273. The number of aryl methyl sites for hydroxylation is 1. The Morgan fingerprint density at radius 1 is 1.41 bits per heavy atom. The van der Waals surface area contributed by atoms with Gasteiger partial charge in [-0.25, -0.2) is 0 Å². The molecule has 0 saturated carbocycles. The van der Waals surface area contributed by atoms with Crippen molar-refractivity contribution in [2.45, 2.75) is 39.0 Å². The Kier molecular flexibility index (Phi) is 7.03. The first-order chi connectivity index (χ1) is 13.8. The first kappa shape index (κ1) is 22.4. The molecular formula is C21H26N4O3S. The van der Waals surface area contributed by atoms with E-state index in [0.717, 1.165) is 5.56 Å². The quantitative estimate of drug-likeness (QED) is 0.483. The summed E-state index contributed by atoms with van der Waals surface area (Å²) in [7, 11) is -3.47. The third-order valence-electron chi connectivity index (χ3n) is 4.52. The van der Waals surface area contributed by atoms with Gasteiger partial charge in [0.1, 0.15) is 0 Å². The molecule has 7 nitrogen and oxygen atoms in total. The summed E-state index contributed by atoms with van der Waals surface area (Å²) in [5.74, 6) is 0. The minimum Gasteiger partial charge on any atom is -0.328 e. The molecule has 0 spiro atoms. The van der Waals surface area contributed by atoms with Crippen LogP contribution in [0.15, 0.2) is 62.1 Å². The minimum atomic E-state index is -3.47. The van der Waals surface area contributed by atoms with Crippen LogP contribution in [0.5, 0.6) is 0 Å². The zero-order chi connectivity index (χ0) is 21.8. The monoisotopic (exact) mass is 414 g/mol. The van der Waals surface area contributed by atoms with Crippen molar-refractivity contribution < 1.29 is 9.11 Å². The van der Waals surface area contributed by atoms with Crippen LogP contribution in [-0.4, -0.2) is 31.7 Å². The summed E-state index contributed by atoms with van der Waals surface area (Å²) < 4.78 is 23.9. The molecule has 2 heterocycles. The lowest BCUT2D eigenvalue weighted by molar-refractivity contribution is 0.407. The fraction of sp³-hybridized carbons (Fsp3) is 0.286. The molecule has 0 unspecified atom stereocenters. The topological polar surface area (TPSA) is 113 Å². The van der Waals surface area contributed by atoms with E-state index in [1.165, 1.54) is 4.31 Å². The molecule has 8 heteroatoms. The molecule has 0 radical (unpaired) electrons. The molecule has 2 aromatic rings. The van der Waals surface area contributed by atoms with Gasteiger partial charge in [-0.3, -0.25) is 23.2 Å². The van der Waals surface area contributed by atoms with E-state index in [1.54, 1.807) is 44.3 Å². The van der Waals surface area contributed by atoms with E-state index in [1.807, 2.05) is 19.9 Å². The van der Waals surface area contributed by atoms with Gasteiger partial charge in [-0.2, -0.15) is 5.26 Å². The molecule has 1 aromatic carbocycles. The maximum absolute atomic E-state index is 12.2. The smallest absolute Gasteiger partial charge is 0.255 e. The summed E-state index contributed by atoms with van der Waals surface area (Å²) in [6, 6.07) is 6.92. The van der Waals surface area contributed by atoms with Gasteiger partial charge in [0.15, 0.2) is 0 Å². The predicted molar refractivity (Wildman–Crippen MR) is 119 cm³/mol. The Morgan fingerprint density at radius 2 is 2.10 bits per heavy atom. The second-order valence-electron chi connectivity index (χ2n) is 6.28. The van der Waals surface area contributed by atoms with E-state index in [2.05, 4.69) is 16.7 Å². The molecule has 1 aromatic heterocycles. The summed E-state index contributed by atoms with van der Waals surface area (Å²) in [5.41, 5.74) is 1.91. The van der Waals surface area contributed by atoms with Crippen LogP contribution in [0.2, 0.25) is 0 Å². The zero-order valence-electron chi connectivity index (χ0n) is 17.1. The van der Waals surface area contributed by atoms with Crippen LogP contribution in [0, 0.1) is 18.3 Å². The van der Waals surface area contributed by atoms with E-state index in [4.69, 9.17) is 5.26 Å². The Balaban J connectivity index is 0.00000145. The van der Waals surface area contributed by atoms with Gasteiger partial charge in [0.25, 0.3) is 5.56 Å². The van der Waals surface area contributed by atoms with Crippen LogP contribution in [-0.2, 0) is 0 Å². The predicted octanol–water partition coefficient (Wildman–Crippen LogP) is 4.98. The number of fused-ring (bicyclic) bond motifs is 1. The lowest BCUT2D eigenvalue weighted by Gasteiger charge is -2.43.